The second-order valence-electron chi connectivity index (χ2n) is 5.31. The Bertz CT molecular complexity index is 251. The van der Waals surface area contributed by atoms with Crippen LogP contribution in [-0.4, -0.2) is 41.1 Å². The highest BCUT2D eigenvalue weighted by Gasteiger charge is 2.36. The van der Waals surface area contributed by atoms with Gasteiger partial charge in [-0.05, 0) is 25.2 Å². The Morgan fingerprint density at radius 2 is 2.00 bits per heavy atom. The minimum atomic E-state index is -0.705. The number of carbonyl (C=O) groups is 1. The van der Waals surface area contributed by atoms with Crippen LogP contribution in [0.15, 0.2) is 0 Å². The first kappa shape index (κ1) is 11.9. The van der Waals surface area contributed by atoms with E-state index in [4.69, 9.17) is 10.8 Å². The largest absolute Gasteiger partial charge is 0.480 e. The summed E-state index contributed by atoms with van der Waals surface area (Å²) in [6.07, 6.45) is 7.10. The topological polar surface area (TPSA) is 66.6 Å². The molecule has 2 rings (SSSR count). The fraction of sp³-hybridized carbons (Fsp3) is 0.917. The number of nitrogens with two attached hydrogens (primary N) is 1. The molecule has 1 saturated carbocycles. The van der Waals surface area contributed by atoms with Crippen LogP contribution < -0.4 is 5.73 Å². The van der Waals surface area contributed by atoms with Crippen molar-refractivity contribution in [3.63, 3.8) is 0 Å². The average molecular weight is 226 g/mol. The molecule has 1 saturated heterocycles. The molecule has 16 heavy (non-hydrogen) atoms. The zero-order chi connectivity index (χ0) is 11.5. The van der Waals surface area contributed by atoms with E-state index < -0.39 is 5.97 Å². The van der Waals surface area contributed by atoms with Gasteiger partial charge in [0, 0.05) is 19.1 Å². The summed E-state index contributed by atoms with van der Waals surface area (Å²) in [6.45, 7) is 1.69. The molecule has 2 atom stereocenters. The molecule has 0 aromatic heterocycles. The minimum Gasteiger partial charge on any atom is -0.480 e. The van der Waals surface area contributed by atoms with Crippen molar-refractivity contribution in [3.05, 3.63) is 0 Å². The molecule has 0 radical (unpaired) electrons. The lowest BCUT2D eigenvalue weighted by Gasteiger charge is -2.29. The van der Waals surface area contributed by atoms with Crippen molar-refractivity contribution < 1.29 is 9.90 Å². The Morgan fingerprint density at radius 1 is 1.31 bits per heavy atom. The maximum Gasteiger partial charge on any atom is 0.320 e. The van der Waals surface area contributed by atoms with E-state index in [0.29, 0.717) is 12.3 Å². The van der Waals surface area contributed by atoms with Gasteiger partial charge in [0.2, 0.25) is 0 Å². The lowest BCUT2D eigenvalue weighted by atomic mass is 9.89. The third-order valence-corrected chi connectivity index (χ3v) is 3.94. The molecule has 4 nitrogen and oxygen atoms in total. The fourth-order valence-corrected chi connectivity index (χ4v) is 3.10. The lowest BCUT2D eigenvalue weighted by molar-refractivity contribution is -0.142. The first-order valence-corrected chi connectivity index (χ1v) is 6.39. The van der Waals surface area contributed by atoms with Crippen LogP contribution in [0.1, 0.15) is 38.5 Å². The summed E-state index contributed by atoms with van der Waals surface area (Å²) in [6, 6.07) is -0.290. The molecule has 0 aromatic carbocycles. The molecule has 3 N–H and O–H groups in total. The first-order valence-electron chi connectivity index (χ1n) is 6.39. The normalized spacial score (nSPS) is 33.1. The van der Waals surface area contributed by atoms with E-state index in [1.807, 2.05) is 0 Å². The summed E-state index contributed by atoms with van der Waals surface area (Å²) >= 11 is 0. The van der Waals surface area contributed by atoms with Crippen LogP contribution in [-0.2, 0) is 4.79 Å². The first-order chi connectivity index (χ1) is 7.66. The molecule has 1 aliphatic heterocycles. The zero-order valence-corrected chi connectivity index (χ0v) is 9.77. The number of rotatable bonds is 3. The molecular formula is C12H22N2O2. The summed E-state index contributed by atoms with van der Waals surface area (Å²) in [5.41, 5.74) is 5.85. The van der Waals surface area contributed by atoms with Crippen molar-refractivity contribution in [2.45, 2.75) is 50.6 Å². The number of likely N-dealkylation sites (tertiary alicyclic amines) is 1. The Hall–Kier alpha value is -0.610. The molecule has 2 unspecified atom stereocenters. The van der Waals surface area contributed by atoms with Gasteiger partial charge < -0.3 is 10.8 Å². The average Bonchev–Trinajstić information content (AvgIpc) is 2.61. The molecule has 0 bridgehead atoms. The summed E-state index contributed by atoms with van der Waals surface area (Å²) in [7, 11) is 0. The van der Waals surface area contributed by atoms with Gasteiger partial charge in [-0.3, -0.25) is 9.69 Å². The number of hydrogen-bond donors (Lipinski definition) is 2. The number of aliphatic carboxylic acids is 1. The van der Waals surface area contributed by atoms with Gasteiger partial charge in [0.25, 0.3) is 0 Å². The summed E-state index contributed by atoms with van der Waals surface area (Å²) < 4.78 is 0. The van der Waals surface area contributed by atoms with Gasteiger partial charge in [-0.2, -0.15) is 0 Å². The van der Waals surface area contributed by atoms with E-state index in [2.05, 4.69) is 4.90 Å². The molecule has 92 valence electrons. The quantitative estimate of drug-likeness (QED) is 0.755. The molecule has 0 amide bonds. The Balaban J connectivity index is 1.89. The van der Waals surface area contributed by atoms with Gasteiger partial charge >= 0.3 is 5.97 Å². The van der Waals surface area contributed by atoms with Crippen LogP contribution >= 0.6 is 0 Å². The Morgan fingerprint density at radius 3 is 2.62 bits per heavy atom. The van der Waals surface area contributed by atoms with Crippen LogP contribution in [0.25, 0.3) is 0 Å². The maximum absolute atomic E-state index is 11.1. The van der Waals surface area contributed by atoms with E-state index in [9.17, 15) is 4.79 Å². The van der Waals surface area contributed by atoms with Crippen molar-refractivity contribution in [2.75, 3.05) is 13.1 Å². The molecular weight excluding hydrogens is 204 g/mol. The smallest absolute Gasteiger partial charge is 0.320 e. The van der Waals surface area contributed by atoms with Gasteiger partial charge in [-0.25, -0.2) is 0 Å². The highest BCUT2D eigenvalue weighted by molar-refractivity contribution is 5.74. The van der Waals surface area contributed by atoms with Gasteiger partial charge in [-0.15, -0.1) is 0 Å². The maximum atomic E-state index is 11.1. The van der Waals surface area contributed by atoms with Crippen LogP contribution in [0, 0.1) is 5.92 Å². The summed E-state index contributed by atoms with van der Waals surface area (Å²) in [4.78, 5) is 13.2. The summed E-state index contributed by atoms with van der Waals surface area (Å²) in [5, 5.41) is 9.13. The van der Waals surface area contributed by atoms with Crippen molar-refractivity contribution in [1.82, 2.24) is 4.90 Å². The number of carboxylic acid groups (broad SMARTS) is 1. The lowest BCUT2D eigenvalue weighted by Crippen LogP contribution is -2.39. The number of carboxylic acids is 1. The van der Waals surface area contributed by atoms with E-state index in [0.717, 1.165) is 13.1 Å². The van der Waals surface area contributed by atoms with E-state index in [-0.39, 0.29) is 12.1 Å². The molecule has 2 aliphatic rings. The molecule has 4 heteroatoms. The molecule has 1 aliphatic carbocycles. The van der Waals surface area contributed by atoms with Crippen molar-refractivity contribution in [1.29, 1.82) is 0 Å². The van der Waals surface area contributed by atoms with Gasteiger partial charge in [0.1, 0.15) is 6.04 Å². The van der Waals surface area contributed by atoms with Gasteiger partial charge in [-0.1, -0.05) is 19.3 Å². The number of nitrogens with zero attached hydrogens (tertiary/aromatic N) is 1. The monoisotopic (exact) mass is 226 g/mol. The highest BCUT2D eigenvalue weighted by atomic mass is 16.4. The van der Waals surface area contributed by atoms with Crippen LogP contribution in [0.3, 0.4) is 0 Å². The minimum absolute atomic E-state index is 0.0460. The fourth-order valence-electron chi connectivity index (χ4n) is 3.10. The molecule has 0 spiro atoms. The summed E-state index contributed by atoms with van der Waals surface area (Å²) in [5.74, 6) is -0.00957. The second kappa shape index (κ2) is 5.15. The van der Waals surface area contributed by atoms with E-state index in [1.54, 1.807) is 0 Å². The van der Waals surface area contributed by atoms with Crippen LogP contribution in [0.4, 0.5) is 0 Å². The van der Waals surface area contributed by atoms with Crippen LogP contribution in [0.2, 0.25) is 0 Å². The number of hydrogen-bond acceptors (Lipinski definition) is 3. The van der Waals surface area contributed by atoms with Crippen molar-refractivity contribution in [2.24, 2.45) is 11.7 Å². The van der Waals surface area contributed by atoms with Crippen LogP contribution in [0.5, 0.6) is 0 Å². The van der Waals surface area contributed by atoms with Gasteiger partial charge in [0.05, 0.1) is 0 Å². The Kier molecular flexibility index (Phi) is 3.82. The van der Waals surface area contributed by atoms with Gasteiger partial charge in [0.15, 0.2) is 0 Å². The van der Waals surface area contributed by atoms with E-state index >= 15 is 0 Å². The van der Waals surface area contributed by atoms with Crippen molar-refractivity contribution in [3.8, 4) is 0 Å². The Labute approximate surface area is 96.8 Å². The second-order valence-corrected chi connectivity index (χ2v) is 5.31. The standard InChI is InChI=1S/C12H22N2O2/c13-10-6-11(12(15)16)14(8-10)7-9-4-2-1-3-5-9/h9-11H,1-8,13H2,(H,15,16). The molecule has 2 fully saturated rings. The predicted octanol–water partition coefficient (Wildman–Crippen LogP) is 1.05. The zero-order valence-electron chi connectivity index (χ0n) is 9.77. The predicted molar refractivity (Wildman–Crippen MR) is 62.2 cm³/mol. The highest BCUT2D eigenvalue weighted by Crippen LogP contribution is 2.27. The molecule has 0 aromatic rings. The van der Waals surface area contributed by atoms with Crippen molar-refractivity contribution >= 4 is 5.97 Å². The molecule has 1 heterocycles. The third kappa shape index (κ3) is 2.74. The SMILES string of the molecule is NC1CC(C(=O)O)N(CC2CCCCC2)C1. The third-order valence-electron chi connectivity index (χ3n) is 3.94. The van der Waals surface area contributed by atoms with E-state index in [1.165, 1.54) is 32.1 Å².